The van der Waals surface area contributed by atoms with Gasteiger partial charge in [0.25, 0.3) is 0 Å². The van der Waals surface area contributed by atoms with Crippen LogP contribution in [0.4, 0.5) is 0 Å². The van der Waals surface area contributed by atoms with Gasteiger partial charge in [0, 0.05) is 15.6 Å². The van der Waals surface area contributed by atoms with Gasteiger partial charge < -0.3 is 4.84 Å². The minimum atomic E-state index is 0.282. The number of benzene rings is 2. The van der Waals surface area contributed by atoms with Crippen molar-refractivity contribution in [3.8, 4) is 6.07 Å². The van der Waals surface area contributed by atoms with E-state index < -0.39 is 0 Å². The largest absolute Gasteiger partial charge is 0.391 e. The second kappa shape index (κ2) is 6.72. The molecule has 0 aromatic heterocycles. The summed E-state index contributed by atoms with van der Waals surface area (Å²) in [7, 11) is 0. The molecule has 0 radical (unpaired) electrons. The summed E-state index contributed by atoms with van der Waals surface area (Å²) in [5.41, 5.74) is 2.38. The SMILES string of the molecule is N#Cc1ccccc1CO/N=C\c1ccccc1Br. The lowest BCUT2D eigenvalue weighted by atomic mass is 10.1. The first-order valence-corrected chi connectivity index (χ1v) is 6.48. The van der Waals surface area contributed by atoms with Crippen molar-refractivity contribution in [2.75, 3.05) is 0 Å². The Labute approximate surface area is 120 Å². The molecule has 0 aliphatic rings. The molecule has 0 heterocycles. The first-order chi connectivity index (χ1) is 9.31. The molecule has 3 nitrogen and oxygen atoms in total. The van der Waals surface area contributed by atoms with Crippen LogP contribution in [0.3, 0.4) is 0 Å². The molecule has 19 heavy (non-hydrogen) atoms. The van der Waals surface area contributed by atoms with Gasteiger partial charge in [-0.1, -0.05) is 57.5 Å². The van der Waals surface area contributed by atoms with E-state index in [-0.39, 0.29) is 6.61 Å². The first-order valence-electron chi connectivity index (χ1n) is 5.69. The summed E-state index contributed by atoms with van der Waals surface area (Å²) in [6.45, 7) is 0.282. The average molecular weight is 315 g/mol. The van der Waals surface area contributed by atoms with Gasteiger partial charge in [0.05, 0.1) is 17.8 Å². The van der Waals surface area contributed by atoms with Crippen LogP contribution in [0.1, 0.15) is 16.7 Å². The van der Waals surface area contributed by atoms with Gasteiger partial charge in [-0.25, -0.2) is 0 Å². The lowest BCUT2D eigenvalue weighted by molar-refractivity contribution is 0.132. The zero-order chi connectivity index (χ0) is 13.5. The van der Waals surface area contributed by atoms with Crippen LogP contribution in [0.15, 0.2) is 58.2 Å². The quantitative estimate of drug-likeness (QED) is 0.635. The maximum absolute atomic E-state index is 8.94. The standard InChI is InChI=1S/C15H11BrN2O/c16-15-8-4-3-6-13(15)10-18-19-11-14-7-2-1-5-12(14)9-17/h1-8,10H,11H2/b18-10-. The molecule has 0 saturated carbocycles. The van der Waals surface area contributed by atoms with Crippen LogP contribution >= 0.6 is 15.9 Å². The molecule has 0 spiro atoms. The topological polar surface area (TPSA) is 45.4 Å². The first kappa shape index (κ1) is 13.3. The zero-order valence-electron chi connectivity index (χ0n) is 10.1. The van der Waals surface area contributed by atoms with Gasteiger partial charge in [-0.3, -0.25) is 0 Å². The third-order valence-electron chi connectivity index (χ3n) is 2.53. The summed E-state index contributed by atoms with van der Waals surface area (Å²) in [6, 6.07) is 17.2. The molecule has 0 aliphatic heterocycles. The zero-order valence-corrected chi connectivity index (χ0v) is 11.7. The van der Waals surface area contributed by atoms with Crippen LogP contribution < -0.4 is 0 Å². The normalized spacial score (nSPS) is 10.3. The van der Waals surface area contributed by atoms with E-state index in [0.717, 1.165) is 15.6 Å². The maximum Gasteiger partial charge on any atom is 0.143 e. The molecular formula is C15H11BrN2O. The third-order valence-corrected chi connectivity index (χ3v) is 3.25. The predicted octanol–water partition coefficient (Wildman–Crippen LogP) is 3.87. The molecule has 2 aromatic carbocycles. The summed E-state index contributed by atoms with van der Waals surface area (Å²) in [4.78, 5) is 5.22. The molecule has 0 N–H and O–H groups in total. The van der Waals surface area contributed by atoms with Crippen LogP contribution in [0.25, 0.3) is 0 Å². The van der Waals surface area contributed by atoms with Crippen LogP contribution in [0.5, 0.6) is 0 Å². The van der Waals surface area contributed by atoms with Crippen molar-refractivity contribution < 1.29 is 4.84 Å². The van der Waals surface area contributed by atoms with Crippen molar-refractivity contribution in [2.24, 2.45) is 5.16 Å². The summed E-state index contributed by atoms with van der Waals surface area (Å²) in [5, 5.41) is 12.8. The lowest BCUT2D eigenvalue weighted by Gasteiger charge is -2.02. The van der Waals surface area contributed by atoms with Crippen LogP contribution in [0, 0.1) is 11.3 Å². The number of nitrogens with zero attached hydrogens (tertiary/aromatic N) is 2. The van der Waals surface area contributed by atoms with Crippen molar-refractivity contribution in [1.82, 2.24) is 0 Å². The van der Waals surface area contributed by atoms with Gasteiger partial charge in [-0.15, -0.1) is 0 Å². The van der Waals surface area contributed by atoms with E-state index in [4.69, 9.17) is 10.1 Å². The lowest BCUT2D eigenvalue weighted by Crippen LogP contribution is -1.92. The summed E-state index contributed by atoms with van der Waals surface area (Å²) < 4.78 is 0.958. The van der Waals surface area contributed by atoms with Crippen LogP contribution in [0.2, 0.25) is 0 Å². The second-order valence-corrected chi connectivity index (χ2v) is 4.65. The Morgan fingerprint density at radius 1 is 1.16 bits per heavy atom. The number of rotatable bonds is 4. The van der Waals surface area contributed by atoms with Gasteiger partial charge in [0.1, 0.15) is 6.61 Å². The number of oxime groups is 1. The highest BCUT2D eigenvalue weighted by Gasteiger charge is 2.00. The second-order valence-electron chi connectivity index (χ2n) is 3.80. The molecule has 0 atom stereocenters. The fourth-order valence-corrected chi connectivity index (χ4v) is 1.92. The van der Waals surface area contributed by atoms with Crippen LogP contribution in [-0.4, -0.2) is 6.21 Å². The van der Waals surface area contributed by atoms with E-state index in [0.29, 0.717) is 5.56 Å². The molecule has 2 aromatic rings. The highest BCUT2D eigenvalue weighted by molar-refractivity contribution is 9.10. The number of hydrogen-bond acceptors (Lipinski definition) is 3. The molecule has 0 bridgehead atoms. The maximum atomic E-state index is 8.94. The molecule has 2 rings (SSSR count). The molecule has 4 heteroatoms. The van der Waals surface area contributed by atoms with Crippen molar-refractivity contribution in [3.63, 3.8) is 0 Å². The average Bonchev–Trinajstić information content (AvgIpc) is 2.45. The van der Waals surface area contributed by atoms with Gasteiger partial charge >= 0.3 is 0 Å². The minimum absolute atomic E-state index is 0.282. The Morgan fingerprint density at radius 2 is 1.89 bits per heavy atom. The van der Waals surface area contributed by atoms with Crippen molar-refractivity contribution >= 4 is 22.1 Å². The van der Waals surface area contributed by atoms with E-state index in [1.807, 2.05) is 42.5 Å². The minimum Gasteiger partial charge on any atom is -0.391 e. The molecule has 0 aliphatic carbocycles. The highest BCUT2D eigenvalue weighted by Crippen LogP contribution is 2.14. The van der Waals surface area contributed by atoms with Crippen molar-refractivity contribution in [2.45, 2.75) is 6.61 Å². The monoisotopic (exact) mass is 314 g/mol. The van der Waals surface area contributed by atoms with E-state index in [2.05, 4.69) is 27.2 Å². The third kappa shape index (κ3) is 3.67. The smallest absolute Gasteiger partial charge is 0.143 e. The molecular weight excluding hydrogens is 304 g/mol. The Morgan fingerprint density at radius 3 is 2.68 bits per heavy atom. The number of nitriles is 1. The summed E-state index contributed by atoms with van der Waals surface area (Å²) in [5.74, 6) is 0. The number of halogens is 1. The fraction of sp³-hybridized carbons (Fsp3) is 0.0667. The summed E-state index contributed by atoms with van der Waals surface area (Å²) >= 11 is 3.43. The van der Waals surface area contributed by atoms with E-state index in [9.17, 15) is 0 Å². The molecule has 0 amide bonds. The Kier molecular flexibility index (Phi) is 4.71. The van der Waals surface area contributed by atoms with Crippen LogP contribution in [-0.2, 0) is 11.4 Å². The molecule has 94 valence electrons. The van der Waals surface area contributed by atoms with Gasteiger partial charge in [0.2, 0.25) is 0 Å². The Bertz CT molecular complexity index is 632. The van der Waals surface area contributed by atoms with E-state index in [1.165, 1.54) is 0 Å². The van der Waals surface area contributed by atoms with E-state index >= 15 is 0 Å². The Hall–Kier alpha value is -2.12. The van der Waals surface area contributed by atoms with Crippen molar-refractivity contribution in [1.29, 1.82) is 5.26 Å². The highest BCUT2D eigenvalue weighted by atomic mass is 79.9. The summed E-state index contributed by atoms with van der Waals surface area (Å²) in [6.07, 6.45) is 1.64. The molecule has 0 unspecified atom stereocenters. The number of hydrogen-bond donors (Lipinski definition) is 0. The van der Waals surface area contributed by atoms with Gasteiger partial charge in [-0.2, -0.15) is 5.26 Å². The van der Waals surface area contributed by atoms with E-state index in [1.54, 1.807) is 12.3 Å². The fourth-order valence-electron chi connectivity index (χ4n) is 1.54. The van der Waals surface area contributed by atoms with Gasteiger partial charge in [-0.05, 0) is 12.1 Å². The molecule has 0 fully saturated rings. The van der Waals surface area contributed by atoms with Gasteiger partial charge in [0.15, 0.2) is 0 Å². The molecule has 0 saturated heterocycles. The Balaban J connectivity index is 1.98. The predicted molar refractivity (Wildman–Crippen MR) is 77.7 cm³/mol. The van der Waals surface area contributed by atoms with Crippen molar-refractivity contribution in [3.05, 3.63) is 69.7 Å².